The lowest BCUT2D eigenvalue weighted by Crippen LogP contribution is -2.32. The van der Waals surface area contributed by atoms with Crippen LogP contribution >= 0.6 is 0 Å². The predicted molar refractivity (Wildman–Crippen MR) is 57.7 cm³/mol. The first-order chi connectivity index (χ1) is 7.72. The van der Waals surface area contributed by atoms with E-state index in [1.54, 1.807) is 0 Å². The molecular weight excluding hydrogens is 211 g/mol. The average molecular weight is 232 g/mol. The molecule has 2 heterocycles. The summed E-state index contributed by atoms with van der Waals surface area (Å²) in [6.45, 7) is 4.60. The molecule has 0 amide bonds. The van der Waals surface area contributed by atoms with Gasteiger partial charge in [0.25, 0.3) is 0 Å². The SMILES string of the molecule is CC[C@H]1OC(OC2CCCCO2)[C@@H](F)[C@@H]1C. The van der Waals surface area contributed by atoms with Crippen molar-refractivity contribution in [2.24, 2.45) is 5.92 Å². The van der Waals surface area contributed by atoms with Gasteiger partial charge < -0.3 is 14.2 Å². The van der Waals surface area contributed by atoms with Crippen LogP contribution < -0.4 is 0 Å². The van der Waals surface area contributed by atoms with E-state index in [0.29, 0.717) is 6.61 Å². The van der Waals surface area contributed by atoms with Crippen LogP contribution in [-0.4, -0.2) is 31.5 Å². The molecule has 0 aliphatic carbocycles. The van der Waals surface area contributed by atoms with E-state index in [9.17, 15) is 4.39 Å². The Morgan fingerprint density at radius 1 is 1.38 bits per heavy atom. The highest BCUT2D eigenvalue weighted by molar-refractivity contribution is 4.83. The van der Waals surface area contributed by atoms with Crippen molar-refractivity contribution >= 4 is 0 Å². The fraction of sp³-hybridized carbons (Fsp3) is 1.00. The Labute approximate surface area is 96.2 Å². The number of ether oxygens (including phenoxy) is 3. The Hall–Kier alpha value is -0.190. The van der Waals surface area contributed by atoms with Gasteiger partial charge in [-0.25, -0.2) is 4.39 Å². The summed E-state index contributed by atoms with van der Waals surface area (Å²) in [4.78, 5) is 0. The zero-order valence-corrected chi connectivity index (χ0v) is 10.0. The first-order valence-corrected chi connectivity index (χ1v) is 6.29. The topological polar surface area (TPSA) is 27.7 Å². The fourth-order valence-corrected chi connectivity index (χ4v) is 2.37. The van der Waals surface area contributed by atoms with Crippen LogP contribution in [0.1, 0.15) is 39.5 Å². The third-order valence-electron chi connectivity index (χ3n) is 3.48. The summed E-state index contributed by atoms with van der Waals surface area (Å²) in [7, 11) is 0. The fourth-order valence-electron chi connectivity index (χ4n) is 2.37. The normalized spacial score (nSPS) is 44.8. The first kappa shape index (κ1) is 12.3. The van der Waals surface area contributed by atoms with Gasteiger partial charge >= 0.3 is 0 Å². The number of hydrogen-bond donors (Lipinski definition) is 0. The molecule has 2 aliphatic rings. The van der Waals surface area contributed by atoms with Crippen LogP contribution in [0.15, 0.2) is 0 Å². The zero-order chi connectivity index (χ0) is 11.5. The Morgan fingerprint density at radius 2 is 2.19 bits per heavy atom. The standard InChI is InChI=1S/C12H21FO3/c1-3-9-8(2)11(13)12(15-9)16-10-6-4-5-7-14-10/h8-12H,3-7H2,1-2H3/t8-,9-,10?,11+,12?/m1/s1. The van der Waals surface area contributed by atoms with Gasteiger partial charge in [-0.1, -0.05) is 13.8 Å². The number of hydrogen-bond acceptors (Lipinski definition) is 3. The van der Waals surface area contributed by atoms with Crippen molar-refractivity contribution < 1.29 is 18.6 Å². The second-order valence-electron chi connectivity index (χ2n) is 4.69. The molecule has 0 spiro atoms. The molecule has 2 saturated heterocycles. The molecule has 3 nitrogen and oxygen atoms in total. The Bertz CT molecular complexity index is 218. The summed E-state index contributed by atoms with van der Waals surface area (Å²) in [6, 6.07) is 0. The molecule has 0 radical (unpaired) electrons. The van der Waals surface area contributed by atoms with Crippen LogP contribution in [0.4, 0.5) is 4.39 Å². The van der Waals surface area contributed by atoms with Crippen LogP contribution in [-0.2, 0) is 14.2 Å². The van der Waals surface area contributed by atoms with Gasteiger partial charge in [0.2, 0.25) is 0 Å². The van der Waals surface area contributed by atoms with Crippen molar-refractivity contribution in [3.8, 4) is 0 Å². The van der Waals surface area contributed by atoms with Gasteiger partial charge in [0.15, 0.2) is 18.8 Å². The average Bonchev–Trinajstić information content (AvgIpc) is 2.58. The maximum Gasteiger partial charge on any atom is 0.192 e. The third kappa shape index (κ3) is 2.55. The van der Waals surface area contributed by atoms with Gasteiger partial charge in [0.05, 0.1) is 6.10 Å². The maximum atomic E-state index is 13.9. The molecule has 0 aromatic heterocycles. The molecule has 4 heteroatoms. The number of halogens is 1. The molecule has 2 aliphatic heterocycles. The van der Waals surface area contributed by atoms with E-state index in [1.807, 2.05) is 13.8 Å². The van der Waals surface area contributed by atoms with E-state index in [1.165, 1.54) is 0 Å². The van der Waals surface area contributed by atoms with Gasteiger partial charge in [-0.15, -0.1) is 0 Å². The van der Waals surface area contributed by atoms with E-state index < -0.39 is 12.5 Å². The number of rotatable bonds is 3. The summed E-state index contributed by atoms with van der Waals surface area (Å²) in [5, 5.41) is 0. The second kappa shape index (κ2) is 5.43. The van der Waals surface area contributed by atoms with Gasteiger partial charge in [-0.2, -0.15) is 0 Å². The van der Waals surface area contributed by atoms with Crippen LogP contribution in [0.5, 0.6) is 0 Å². The molecule has 16 heavy (non-hydrogen) atoms. The Morgan fingerprint density at radius 3 is 2.75 bits per heavy atom. The molecule has 5 atom stereocenters. The zero-order valence-electron chi connectivity index (χ0n) is 10.0. The summed E-state index contributed by atoms with van der Waals surface area (Å²) in [5.41, 5.74) is 0. The molecule has 0 aromatic carbocycles. The molecule has 0 saturated carbocycles. The van der Waals surface area contributed by atoms with Gasteiger partial charge in [-0.05, 0) is 25.7 Å². The lowest BCUT2D eigenvalue weighted by molar-refractivity contribution is -0.259. The monoisotopic (exact) mass is 232 g/mol. The van der Waals surface area contributed by atoms with Crippen LogP contribution in [0.25, 0.3) is 0 Å². The highest BCUT2D eigenvalue weighted by atomic mass is 19.1. The second-order valence-corrected chi connectivity index (χ2v) is 4.69. The maximum absolute atomic E-state index is 13.9. The first-order valence-electron chi connectivity index (χ1n) is 6.29. The van der Waals surface area contributed by atoms with E-state index in [2.05, 4.69) is 0 Å². The smallest absolute Gasteiger partial charge is 0.192 e. The molecule has 94 valence electrons. The molecule has 2 rings (SSSR count). The molecule has 2 fully saturated rings. The lowest BCUT2D eigenvalue weighted by atomic mass is 10.0. The highest BCUT2D eigenvalue weighted by Gasteiger charge is 2.43. The molecule has 0 N–H and O–H groups in total. The lowest BCUT2D eigenvalue weighted by Gasteiger charge is -2.26. The van der Waals surface area contributed by atoms with E-state index >= 15 is 0 Å². The van der Waals surface area contributed by atoms with E-state index in [-0.39, 0.29) is 18.3 Å². The van der Waals surface area contributed by atoms with Crippen molar-refractivity contribution in [1.29, 1.82) is 0 Å². The van der Waals surface area contributed by atoms with Crippen molar-refractivity contribution in [3.63, 3.8) is 0 Å². The van der Waals surface area contributed by atoms with Gasteiger partial charge in [0.1, 0.15) is 0 Å². The summed E-state index contributed by atoms with van der Waals surface area (Å²) in [5.74, 6) is -0.0846. The summed E-state index contributed by atoms with van der Waals surface area (Å²) in [6.07, 6.45) is 1.76. The molecule has 2 unspecified atom stereocenters. The van der Waals surface area contributed by atoms with Gasteiger partial charge in [0, 0.05) is 12.5 Å². The minimum atomic E-state index is -1.03. The minimum Gasteiger partial charge on any atom is -0.353 e. The van der Waals surface area contributed by atoms with Crippen molar-refractivity contribution in [2.45, 2.75) is 64.4 Å². The van der Waals surface area contributed by atoms with E-state index in [0.717, 1.165) is 25.7 Å². The summed E-state index contributed by atoms with van der Waals surface area (Å²) < 4.78 is 30.4. The highest BCUT2D eigenvalue weighted by Crippen LogP contribution is 2.33. The molecule has 0 aromatic rings. The van der Waals surface area contributed by atoms with Gasteiger partial charge in [-0.3, -0.25) is 0 Å². The van der Waals surface area contributed by atoms with Crippen LogP contribution in [0.2, 0.25) is 0 Å². The van der Waals surface area contributed by atoms with Crippen LogP contribution in [0, 0.1) is 5.92 Å². The Balaban J connectivity index is 1.85. The van der Waals surface area contributed by atoms with E-state index in [4.69, 9.17) is 14.2 Å². The molecular formula is C12H21FO3. The summed E-state index contributed by atoms with van der Waals surface area (Å²) >= 11 is 0. The number of alkyl halides is 1. The van der Waals surface area contributed by atoms with Crippen molar-refractivity contribution in [1.82, 2.24) is 0 Å². The largest absolute Gasteiger partial charge is 0.353 e. The van der Waals surface area contributed by atoms with Crippen molar-refractivity contribution in [3.05, 3.63) is 0 Å². The van der Waals surface area contributed by atoms with Crippen molar-refractivity contribution in [2.75, 3.05) is 6.61 Å². The predicted octanol–water partition coefficient (Wildman–Crippen LogP) is 2.64. The Kier molecular flexibility index (Phi) is 4.16. The quantitative estimate of drug-likeness (QED) is 0.748. The minimum absolute atomic E-state index is 0.0245. The van der Waals surface area contributed by atoms with Crippen LogP contribution in [0.3, 0.4) is 0 Å². The third-order valence-corrected chi connectivity index (χ3v) is 3.48. The molecule has 0 bridgehead atoms.